The van der Waals surface area contributed by atoms with Crippen molar-refractivity contribution in [1.82, 2.24) is 0 Å². The third-order valence-corrected chi connectivity index (χ3v) is 2.91. The summed E-state index contributed by atoms with van der Waals surface area (Å²) in [6.07, 6.45) is 0. The van der Waals surface area contributed by atoms with Gasteiger partial charge in [-0.05, 0) is 32.8 Å². The van der Waals surface area contributed by atoms with E-state index in [1.165, 1.54) is 0 Å². The van der Waals surface area contributed by atoms with E-state index in [1.54, 1.807) is 6.07 Å². The molecule has 2 rings (SSSR count). The van der Waals surface area contributed by atoms with E-state index in [0.717, 1.165) is 15.2 Å². The maximum atomic E-state index is 10.6. The molecule has 0 fully saturated rings. The molecule has 0 aliphatic heterocycles. The number of hydrogen-bond acceptors (Lipinski definition) is 2. The quantitative estimate of drug-likeness (QED) is 0.729. The second-order valence-corrected chi connectivity index (χ2v) is 4.04. The molecule has 0 amide bonds. The first-order chi connectivity index (χ1) is 7.18. The molecule has 0 bridgehead atoms. The lowest BCUT2D eigenvalue weighted by molar-refractivity contribution is 0.225. The van der Waals surface area contributed by atoms with Gasteiger partial charge in [0.1, 0.15) is 5.75 Å². The van der Waals surface area contributed by atoms with E-state index in [-0.39, 0.29) is 0 Å². The molecule has 4 heteroatoms. The lowest BCUT2D eigenvalue weighted by Crippen LogP contribution is -1.96. The summed E-state index contributed by atoms with van der Waals surface area (Å²) < 4.78 is 5.56. The molecule has 0 saturated carbocycles. The van der Waals surface area contributed by atoms with Crippen molar-refractivity contribution in [2.24, 2.45) is 0 Å². The number of carbonyl (C=O) groups is 1. The van der Waals surface area contributed by atoms with E-state index in [0.29, 0.717) is 5.75 Å². The minimum Gasteiger partial charge on any atom is -0.413 e. The van der Waals surface area contributed by atoms with Gasteiger partial charge in [0.15, 0.2) is 0 Å². The van der Waals surface area contributed by atoms with Crippen LogP contribution in [-0.4, -0.2) is 5.43 Å². The second kappa shape index (κ2) is 4.21. The molecule has 0 heterocycles. The van der Waals surface area contributed by atoms with Gasteiger partial charge in [-0.3, -0.25) is 0 Å². The van der Waals surface area contributed by atoms with Crippen LogP contribution >= 0.6 is 27.5 Å². The standard InChI is InChI=1S/C11H6BrClO2/c12-10-8-4-2-1-3-7(8)5-6-9(10)15-11(13)14/h1-6H. The monoisotopic (exact) mass is 284 g/mol. The van der Waals surface area contributed by atoms with E-state index in [9.17, 15) is 4.79 Å². The average molecular weight is 286 g/mol. The van der Waals surface area contributed by atoms with Crippen LogP contribution < -0.4 is 4.74 Å². The minimum absolute atomic E-state index is 0.425. The molecule has 76 valence electrons. The van der Waals surface area contributed by atoms with Crippen LogP contribution in [0, 0.1) is 0 Å². The van der Waals surface area contributed by atoms with Gasteiger partial charge in [-0.15, -0.1) is 0 Å². The van der Waals surface area contributed by atoms with Crippen LogP contribution in [0.15, 0.2) is 40.9 Å². The molecule has 0 saturated heterocycles. The summed E-state index contributed by atoms with van der Waals surface area (Å²) in [5.41, 5.74) is -0.842. The first kappa shape index (κ1) is 10.5. The molecule has 0 spiro atoms. The highest BCUT2D eigenvalue weighted by atomic mass is 79.9. The van der Waals surface area contributed by atoms with E-state index in [2.05, 4.69) is 15.9 Å². The number of hydrogen-bond donors (Lipinski definition) is 0. The first-order valence-electron chi connectivity index (χ1n) is 4.23. The van der Waals surface area contributed by atoms with Gasteiger partial charge in [0, 0.05) is 11.6 Å². The normalized spacial score (nSPS) is 10.3. The number of fused-ring (bicyclic) bond motifs is 1. The molecule has 0 aromatic heterocycles. The van der Waals surface area contributed by atoms with E-state index < -0.39 is 5.43 Å². The van der Waals surface area contributed by atoms with Gasteiger partial charge in [0.25, 0.3) is 0 Å². The van der Waals surface area contributed by atoms with Crippen LogP contribution in [0.2, 0.25) is 0 Å². The van der Waals surface area contributed by atoms with Crippen molar-refractivity contribution in [2.45, 2.75) is 0 Å². The van der Waals surface area contributed by atoms with Crippen molar-refractivity contribution in [2.75, 3.05) is 0 Å². The highest BCUT2D eigenvalue weighted by Gasteiger charge is 2.08. The van der Waals surface area contributed by atoms with Crippen molar-refractivity contribution in [3.63, 3.8) is 0 Å². The van der Waals surface area contributed by atoms with E-state index in [1.807, 2.05) is 30.3 Å². The predicted octanol–water partition coefficient (Wildman–Crippen LogP) is 4.34. The summed E-state index contributed by atoms with van der Waals surface area (Å²) in [6.45, 7) is 0. The number of rotatable bonds is 1. The first-order valence-corrected chi connectivity index (χ1v) is 5.40. The number of ether oxygens (including phenoxy) is 1. The third-order valence-electron chi connectivity index (χ3n) is 2.02. The maximum absolute atomic E-state index is 10.6. The van der Waals surface area contributed by atoms with Gasteiger partial charge in [0.05, 0.1) is 4.47 Å². The Bertz CT molecular complexity index is 525. The van der Waals surface area contributed by atoms with Crippen molar-refractivity contribution in [3.05, 3.63) is 40.9 Å². The van der Waals surface area contributed by atoms with Crippen LogP contribution in [0.3, 0.4) is 0 Å². The summed E-state index contributed by atoms with van der Waals surface area (Å²) in [7, 11) is 0. The van der Waals surface area contributed by atoms with Crippen LogP contribution in [0.4, 0.5) is 4.79 Å². The zero-order chi connectivity index (χ0) is 10.8. The summed E-state index contributed by atoms with van der Waals surface area (Å²) in [6, 6.07) is 11.3. The predicted molar refractivity (Wildman–Crippen MR) is 63.5 cm³/mol. The molecule has 0 aliphatic rings. The SMILES string of the molecule is O=C(Cl)Oc1ccc2ccccc2c1Br. The summed E-state index contributed by atoms with van der Waals surface area (Å²) in [4.78, 5) is 10.6. The van der Waals surface area contributed by atoms with Gasteiger partial charge < -0.3 is 4.74 Å². The minimum atomic E-state index is -0.842. The van der Waals surface area contributed by atoms with E-state index >= 15 is 0 Å². The Hall–Kier alpha value is -1.06. The number of carbonyl (C=O) groups excluding carboxylic acids is 1. The van der Waals surface area contributed by atoms with Crippen LogP contribution in [0.1, 0.15) is 0 Å². The summed E-state index contributed by atoms with van der Waals surface area (Å²) in [5.74, 6) is 0.425. The fourth-order valence-electron chi connectivity index (χ4n) is 1.38. The Morgan fingerprint density at radius 3 is 2.67 bits per heavy atom. The topological polar surface area (TPSA) is 26.3 Å². The molecule has 0 N–H and O–H groups in total. The molecular formula is C11H6BrClO2. The molecule has 15 heavy (non-hydrogen) atoms. The van der Waals surface area contributed by atoms with Crippen LogP contribution in [0.5, 0.6) is 5.75 Å². The molecule has 0 unspecified atom stereocenters. The summed E-state index contributed by atoms with van der Waals surface area (Å²) >= 11 is 8.53. The Labute approximate surface area is 99.9 Å². The highest BCUT2D eigenvalue weighted by molar-refractivity contribution is 9.10. The Balaban J connectivity index is 2.59. The van der Waals surface area contributed by atoms with Gasteiger partial charge >= 0.3 is 5.43 Å². The molecule has 0 atom stereocenters. The van der Waals surface area contributed by atoms with E-state index in [4.69, 9.17) is 16.3 Å². The average Bonchev–Trinajstić information content (AvgIpc) is 2.22. The Morgan fingerprint density at radius 2 is 1.93 bits per heavy atom. The largest absolute Gasteiger partial charge is 0.413 e. The Kier molecular flexibility index (Phi) is 2.93. The lowest BCUT2D eigenvalue weighted by atomic mass is 10.1. The van der Waals surface area contributed by atoms with Gasteiger partial charge in [0.2, 0.25) is 0 Å². The van der Waals surface area contributed by atoms with Crippen molar-refractivity contribution in [1.29, 1.82) is 0 Å². The van der Waals surface area contributed by atoms with Crippen molar-refractivity contribution < 1.29 is 9.53 Å². The molecule has 2 aromatic rings. The Morgan fingerprint density at radius 1 is 1.20 bits per heavy atom. The molecule has 0 aliphatic carbocycles. The van der Waals surface area contributed by atoms with Crippen molar-refractivity contribution in [3.8, 4) is 5.75 Å². The smallest absolute Gasteiger partial charge is 0.409 e. The fraction of sp³-hybridized carbons (Fsp3) is 0. The number of benzene rings is 2. The highest BCUT2D eigenvalue weighted by Crippen LogP contribution is 2.33. The molecular weight excluding hydrogens is 279 g/mol. The zero-order valence-corrected chi connectivity index (χ0v) is 9.88. The second-order valence-electron chi connectivity index (χ2n) is 2.94. The van der Waals surface area contributed by atoms with Crippen molar-refractivity contribution >= 4 is 43.7 Å². The molecule has 0 radical (unpaired) electrons. The van der Waals surface area contributed by atoms with Gasteiger partial charge in [-0.2, -0.15) is 0 Å². The zero-order valence-electron chi connectivity index (χ0n) is 7.54. The summed E-state index contributed by atoms with van der Waals surface area (Å²) in [5, 5.41) is 2.05. The fourth-order valence-corrected chi connectivity index (χ4v) is 2.04. The lowest BCUT2D eigenvalue weighted by Gasteiger charge is -2.06. The molecule has 2 aromatic carbocycles. The number of halogens is 2. The van der Waals surface area contributed by atoms with Gasteiger partial charge in [-0.25, -0.2) is 4.79 Å². The third kappa shape index (κ3) is 2.13. The van der Waals surface area contributed by atoms with Crippen LogP contribution in [-0.2, 0) is 0 Å². The van der Waals surface area contributed by atoms with Crippen LogP contribution in [0.25, 0.3) is 10.8 Å². The maximum Gasteiger partial charge on any atom is 0.409 e. The molecule has 2 nitrogen and oxygen atoms in total. The van der Waals surface area contributed by atoms with Gasteiger partial charge in [-0.1, -0.05) is 30.3 Å².